The highest BCUT2D eigenvalue weighted by Crippen LogP contribution is 2.17. The lowest BCUT2D eigenvalue weighted by molar-refractivity contribution is 0.282. The summed E-state index contributed by atoms with van der Waals surface area (Å²) in [4.78, 5) is 0. The monoisotopic (exact) mass is 265 g/mol. The number of benzene rings is 2. The molecule has 0 fully saturated rings. The summed E-state index contributed by atoms with van der Waals surface area (Å²) < 4.78 is 13.2. The summed E-state index contributed by atoms with van der Waals surface area (Å²) in [5.74, 6) is -0.417. The number of hydrogen-bond donors (Lipinski definition) is 2. The van der Waals surface area contributed by atoms with Gasteiger partial charge in [-0.25, -0.2) is 4.39 Å². The van der Waals surface area contributed by atoms with Gasteiger partial charge in [-0.05, 0) is 35.4 Å². The van der Waals surface area contributed by atoms with Crippen LogP contribution in [0.15, 0.2) is 42.5 Å². The minimum absolute atomic E-state index is 0.00505. The molecule has 0 aromatic heterocycles. The number of anilines is 1. The highest BCUT2D eigenvalue weighted by atomic mass is 35.5. The van der Waals surface area contributed by atoms with Gasteiger partial charge in [0.25, 0.3) is 0 Å². The highest BCUT2D eigenvalue weighted by molar-refractivity contribution is 6.30. The molecule has 0 atom stereocenters. The standard InChI is InChI=1S/C14H13ClFNO/c15-13-5-4-10(7-14(13)16)8-17-12-3-1-2-11(6-12)9-18/h1-7,17-18H,8-9H2. The Morgan fingerprint density at radius 2 is 1.94 bits per heavy atom. The average molecular weight is 266 g/mol. The fourth-order valence-corrected chi connectivity index (χ4v) is 1.75. The van der Waals surface area contributed by atoms with Crippen LogP contribution in [0.25, 0.3) is 0 Å². The largest absolute Gasteiger partial charge is 0.392 e. The third-order valence-corrected chi connectivity index (χ3v) is 2.90. The first-order valence-electron chi connectivity index (χ1n) is 5.56. The minimum Gasteiger partial charge on any atom is -0.392 e. The van der Waals surface area contributed by atoms with E-state index in [0.29, 0.717) is 6.54 Å². The lowest BCUT2D eigenvalue weighted by Gasteiger charge is -2.08. The SMILES string of the molecule is OCc1cccc(NCc2ccc(Cl)c(F)c2)c1. The lowest BCUT2D eigenvalue weighted by Crippen LogP contribution is -2.00. The van der Waals surface area contributed by atoms with Crippen LogP contribution in [0.5, 0.6) is 0 Å². The Morgan fingerprint density at radius 3 is 2.67 bits per heavy atom. The van der Waals surface area contributed by atoms with E-state index in [1.807, 2.05) is 24.3 Å². The number of aliphatic hydroxyl groups is 1. The Hall–Kier alpha value is -1.58. The summed E-state index contributed by atoms with van der Waals surface area (Å²) in [7, 11) is 0. The molecule has 0 heterocycles. The van der Waals surface area contributed by atoms with Crippen molar-refractivity contribution in [3.63, 3.8) is 0 Å². The van der Waals surface area contributed by atoms with Gasteiger partial charge in [-0.2, -0.15) is 0 Å². The maximum atomic E-state index is 13.2. The van der Waals surface area contributed by atoms with E-state index in [2.05, 4.69) is 5.32 Å². The topological polar surface area (TPSA) is 32.3 Å². The zero-order valence-corrected chi connectivity index (χ0v) is 10.4. The van der Waals surface area contributed by atoms with Crippen LogP contribution in [-0.2, 0) is 13.2 Å². The first-order valence-corrected chi connectivity index (χ1v) is 5.94. The molecule has 2 aromatic rings. The summed E-state index contributed by atoms with van der Waals surface area (Å²) in [6, 6.07) is 12.2. The van der Waals surface area contributed by atoms with Gasteiger partial charge >= 0.3 is 0 Å². The van der Waals surface area contributed by atoms with Crippen LogP contribution in [-0.4, -0.2) is 5.11 Å². The molecule has 94 valence electrons. The predicted octanol–water partition coefficient (Wildman–Crippen LogP) is 3.58. The van der Waals surface area contributed by atoms with Crippen molar-refractivity contribution in [1.29, 1.82) is 0 Å². The fraction of sp³-hybridized carbons (Fsp3) is 0.143. The van der Waals surface area contributed by atoms with Crippen molar-refractivity contribution in [2.45, 2.75) is 13.2 Å². The smallest absolute Gasteiger partial charge is 0.142 e. The Balaban J connectivity index is 2.04. The highest BCUT2D eigenvalue weighted by Gasteiger charge is 2.01. The van der Waals surface area contributed by atoms with Gasteiger partial charge in [0.05, 0.1) is 11.6 Å². The van der Waals surface area contributed by atoms with Gasteiger partial charge in [-0.1, -0.05) is 29.8 Å². The number of rotatable bonds is 4. The van der Waals surface area contributed by atoms with E-state index in [9.17, 15) is 4.39 Å². The number of halogens is 2. The van der Waals surface area contributed by atoms with Gasteiger partial charge < -0.3 is 10.4 Å². The van der Waals surface area contributed by atoms with Crippen LogP contribution in [0.3, 0.4) is 0 Å². The lowest BCUT2D eigenvalue weighted by atomic mass is 10.2. The summed E-state index contributed by atoms with van der Waals surface area (Å²) >= 11 is 5.61. The van der Waals surface area contributed by atoms with Crippen LogP contribution in [0, 0.1) is 5.82 Å². The van der Waals surface area contributed by atoms with Gasteiger partial charge in [0.2, 0.25) is 0 Å². The molecule has 2 rings (SSSR count). The molecule has 0 radical (unpaired) electrons. The number of aliphatic hydroxyl groups excluding tert-OH is 1. The zero-order chi connectivity index (χ0) is 13.0. The maximum Gasteiger partial charge on any atom is 0.142 e. The molecule has 0 spiro atoms. The normalized spacial score (nSPS) is 10.4. The molecule has 0 aliphatic heterocycles. The van der Waals surface area contributed by atoms with E-state index < -0.39 is 5.82 Å². The van der Waals surface area contributed by atoms with Crippen molar-refractivity contribution in [1.82, 2.24) is 0 Å². The summed E-state index contributed by atoms with van der Waals surface area (Å²) in [5.41, 5.74) is 2.53. The Bertz CT molecular complexity index is 545. The molecule has 0 bridgehead atoms. The van der Waals surface area contributed by atoms with E-state index >= 15 is 0 Å². The second-order valence-electron chi connectivity index (χ2n) is 3.96. The van der Waals surface area contributed by atoms with Crippen molar-refractivity contribution in [3.8, 4) is 0 Å². The second-order valence-corrected chi connectivity index (χ2v) is 4.37. The molecule has 0 unspecified atom stereocenters. The van der Waals surface area contributed by atoms with Crippen molar-refractivity contribution < 1.29 is 9.50 Å². The molecular weight excluding hydrogens is 253 g/mol. The quantitative estimate of drug-likeness (QED) is 0.886. The fourth-order valence-electron chi connectivity index (χ4n) is 1.63. The summed E-state index contributed by atoms with van der Waals surface area (Å²) in [5, 5.41) is 12.3. The second kappa shape index (κ2) is 5.85. The van der Waals surface area contributed by atoms with E-state index in [-0.39, 0.29) is 11.6 Å². The number of hydrogen-bond acceptors (Lipinski definition) is 2. The van der Waals surface area contributed by atoms with Crippen LogP contribution in [0.2, 0.25) is 5.02 Å². The molecule has 2 nitrogen and oxygen atoms in total. The van der Waals surface area contributed by atoms with Gasteiger partial charge in [0.1, 0.15) is 5.82 Å². The molecule has 0 saturated carbocycles. The van der Waals surface area contributed by atoms with Crippen molar-refractivity contribution in [3.05, 3.63) is 64.4 Å². The molecule has 0 aliphatic rings. The van der Waals surface area contributed by atoms with E-state index in [4.69, 9.17) is 16.7 Å². The van der Waals surface area contributed by atoms with Crippen molar-refractivity contribution in [2.75, 3.05) is 5.32 Å². The third kappa shape index (κ3) is 3.22. The van der Waals surface area contributed by atoms with Crippen LogP contribution >= 0.6 is 11.6 Å². The van der Waals surface area contributed by atoms with Gasteiger partial charge in [0.15, 0.2) is 0 Å². The Morgan fingerprint density at radius 1 is 1.11 bits per heavy atom. The van der Waals surface area contributed by atoms with Gasteiger partial charge in [0, 0.05) is 12.2 Å². The molecule has 18 heavy (non-hydrogen) atoms. The minimum atomic E-state index is -0.417. The Kier molecular flexibility index (Phi) is 4.18. The first-order chi connectivity index (χ1) is 8.69. The predicted molar refractivity (Wildman–Crippen MR) is 71.1 cm³/mol. The van der Waals surface area contributed by atoms with Gasteiger partial charge in [-0.3, -0.25) is 0 Å². The van der Waals surface area contributed by atoms with Crippen LogP contribution in [0.4, 0.5) is 10.1 Å². The first kappa shape index (κ1) is 12.9. The van der Waals surface area contributed by atoms with Crippen LogP contribution in [0.1, 0.15) is 11.1 Å². The van der Waals surface area contributed by atoms with E-state index in [1.54, 1.807) is 6.07 Å². The Labute approximate surface area is 110 Å². The van der Waals surface area contributed by atoms with Gasteiger partial charge in [-0.15, -0.1) is 0 Å². The van der Waals surface area contributed by atoms with E-state index in [0.717, 1.165) is 16.8 Å². The maximum absolute atomic E-state index is 13.2. The molecular formula is C14H13ClFNO. The summed E-state index contributed by atoms with van der Waals surface area (Å²) in [6.45, 7) is 0.508. The van der Waals surface area contributed by atoms with E-state index in [1.165, 1.54) is 12.1 Å². The third-order valence-electron chi connectivity index (χ3n) is 2.59. The molecule has 2 aromatic carbocycles. The number of nitrogens with one attached hydrogen (secondary N) is 1. The van der Waals surface area contributed by atoms with Crippen molar-refractivity contribution in [2.24, 2.45) is 0 Å². The molecule has 0 aliphatic carbocycles. The molecule has 2 N–H and O–H groups in total. The average Bonchev–Trinajstić information content (AvgIpc) is 2.40. The molecule has 0 amide bonds. The summed E-state index contributed by atoms with van der Waals surface area (Å²) in [6.07, 6.45) is 0. The zero-order valence-electron chi connectivity index (χ0n) is 9.66. The molecule has 0 saturated heterocycles. The van der Waals surface area contributed by atoms with Crippen molar-refractivity contribution >= 4 is 17.3 Å². The molecule has 4 heteroatoms. The van der Waals surface area contributed by atoms with Crippen LogP contribution < -0.4 is 5.32 Å².